The Balaban J connectivity index is 2.25. The maximum absolute atomic E-state index is 11.2. The van der Waals surface area contributed by atoms with Crippen LogP contribution in [0.4, 0.5) is 4.79 Å². The van der Waals surface area contributed by atoms with Crippen molar-refractivity contribution in [2.75, 3.05) is 6.61 Å². The van der Waals surface area contributed by atoms with Crippen LogP contribution in [0.1, 0.15) is 13.3 Å². The van der Waals surface area contributed by atoms with Gasteiger partial charge in [0, 0.05) is 0 Å². The Kier molecular flexibility index (Phi) is 1.92. The van der Waals surface area contributed by atoms with Gasteiger partial charge in [0.1, 0.15) is 18.8 Å². The Labute approximate surface area is 75.9 Å². The zero-order chi connectivity index (χ0) is 9.59. The minimum Gasteiger partial charge on any atom is -0.447 e. The van der Waals surface area contributed by atoms with Crippen LogP contribution in [0.3, 0.4) is 0 Å². The lowest BCUT2D eigenvalue weighted by Crippen LogP contribution is -2.38. The molecule has 2 heterocycles. The summed E-state index contributed by atoms with van der Waals surface area (Å²) in [4.78, 5) is 12.7. The molecule has 2 saturated heterocycles. The van der Waals surface area contributed by atoms with Gasteiger partial charge in [-0.05, 0) is 6.42 Å². The third kappa shape index (κ3) is 1.04. The highest BCUT2D eigenvalue weighted by Crippen LogP contribution is 2.31. The second-order valence-electron chi connectivity index (χ2n) is 3.51. The molecule has 74 valence electrons. The lowest BCUT2D eigenvalue weighted by molar-refractivity contribution is 0.0180. The predicted octanol–water partition coefficient (Wildman–Crippen LogP) is -0.679. The van der Waals surface area contributed by atoms with E-state index in [4.69, 9.17) is 4.74 Å². The van der Waals surface area contributed by atoms with E-state index in [9.17, 15) is 15.0 Å². The number of aliphatic hydroxyl groups is 2. The molecule has 13 heavy (non-hydrogen) atoms. The van der Waals surface area contributed by atoms with Gasteiger partial charge in [0.25, 0.3) is 0 Å². The second kappa shape index (κ2) is 2.85. The first-order valence-corrected chi connectivity index (χ1v) is 4.48. The van der Waals surface area contributed by atoms with E-state index in [0.29, 0.717) is 6.42 Å². The van der Waals surface area contributed by atoms with Gasteiger partial charge >= 0.3 is 6.09 Å². The lowest BCUT2D eigenvalue weighted by Gasteiger charge is -2.20. The molecule has 4 atom stereocenters. The van der Waals surface area contributed by atoms with Gasteiger partial charge in [0.2, 0.25) is 0 Å². The van der Waals surface area contributed by atoms with Gasteiger partial charge in [-0.1, -0.05) is 6.92 Å². The number of hydrogen-bond acceptors (Lipinski definition) is 4. The number of nitrogens with zero attached hydrogens (tertiary/aromatic N) is 1. The summed E-state index contributed by atoms with van der Waals surface area (Å²) in [6.45, 7) is 2.06. The summed E-state index contributed by atoms with van der Waals surface area (Å²) in [5.41, 5.74) is 0. The zero-order valence-corrected chi connectivity index (χ0v) is 7.38. The summed E-state index contributed by atoms with van der Waals surface area (Å²) in [6.07, 6.45) is -1.49. The smallest absolute Gasteiger partial charge is 0.410 e. The number of carbonyl (C=O) groups excluding carboxylic acids is 1. The highest BCUT2D eigenvalue weighted by Gasteiger charge is 2.53. The van der Waals surface area contributed by atoms with E-state index in [1.807, 2.05) is 6.92 Å². The third-order valence-corrected chi connectivity index (χ3v) is 2.86. The van der Waals surface area contributed by atoms with Gasteiger partial charge in [-0.3, -0.25) is 4.90 Å². The number of ether oxygens (including phenoxy) is 1. The van der Waals surface area contributed by atoms with Crippen molar-refractivity contribution in [3.05, 3.63) is 0 Å². The van der Waals surface area contributed by atoms with Crippen LogP contribution in [0.15, 0.2) is 0 Å². The molecule has 0 unspecified atom stereocenters. The zero-order valence-electron chi connectivity index (χ0n) is 7.38. The molecule has 0 radical (unpaired) electrons. The summed E-state index contributed by atoms with van der Waals surface area (Å²) in [5.74, 6) is 0. The molecule has 0 aromatic carbocycles. The molecule has 5 heteroatoms. The number of rotatable bonds is 1. The fourth-order valence-electron chi connectivity index (χ4n) is 2.15. The Morgan fingerprint density at radius 1 is 1.54 bits per heavy atom. The predicted molar refractivity (Wildman–Crippen MR) is 43.1 cm³/mol. The van der Waals surface area contributed by atoms with E-state index in [0.717, 1.165) is 0 Å². The first-order valence-electron chi connectivity index (χ1n) is 4.48. The lowest BCUT2D eigenvalue weighted by atomic mass is 10.1. The first-order chi connectivity index (χ1) is 6.16. The molecule has 0 spiro atoms. The fourth-order valence-corrected chi connectivity index (χ4v) is 2.15. The van der Waals surface area contributed by atoms with E-state index in [2.05, 4.69) is 0 Å². The van der Waals surface area contributed by atoms with Crippen molar-refractivity contribution in [3.8, 4) is 0 Å². The van der Waals surface area contributed by atoms with Crippen molar-refractivity contribution in [2.45, 2.75) is 37.6 Å². The van der Waals surface area contributed by atoms with Gasteiger partial charge in [0.15, 0.2) is 0 Å². The van der Waals surface area contributed by atoms with Crippen molar-refractivity contribution < 1.29 is 19.7 Å². The van der Waals surface area contributed by atoms with Crippen LogP contribution < -0.4 is 0 Å². The number of hydrogen-bond donors (Lipinski definition) is 2. The molecule has 1 amide bonds. The maximum Gasteiger partial charge on any atom is 0.410 e. The molecule has 0 saturated carbocycles. The van der Waals surface area contributed by atoms with Crippen LogP contribution >= 0.6 is 0 Å². The van der Waals surface area contributed by atoms with E-state index in [-0.39, 0.29) is 18.7 Å². The van der Waals surface area contributed by atoms with Gasteiger partial charge < -0.3 is 14.9 Å². The number of carbonyl (C=O) groups is 1. The molecule has 5 nitrogen and oxygen atoms in total. The number of cyclic esters (lactones) is 1. The Morgan fingerprint density at radius 3 is 2.85 bits per heavy atom. The summed E-state index contributed by atoms with van der Waals surface area (Å²) in [5, 5.41) is 19.1. The minimum atomic E-state index is -0.864. The van der Waals surface area contributed by atoms with E-state index in [1.54, 1.807) is 0 Å². The summed E-state index contributed by atoms with van der Waals surface area (Å²) < 4.78 is 4.79. The van der Waals surface area contributed by atoms with Gasteiger partial charge in [-0.25, -0.2) is 4.79 Å². The second-order valence-corrected chi connectivity index (χ2v) is 3.51. The highest BCUT2D eigenvalue weighted by atomic mass is 16.6. The van der Waals surface area contributed by atoms with Crippen molar-refractivity contribution >= 4 is 6.09 Å². The number of fused-ring (bicyclic) bond motifs is 1. The molecule has 0 bridgehead atoms. The van der Waals surface area contributed by atoms with Crippen LogP contribution in [0.25, 0.3) is 0 Å². The maximum atomic E-state index is 11.2. The largest absolute Gasteiger partial charge is 0.447 e. The number of aliphatic hydroxyl groups excluding tert-OH is 2. The monoisotopic (exact) mass is 187 g/mol. The van der Waals surface area contributed by atoms with Crippen molar-refractivity contribution in [1.82, 2.24) is 4.90 Å². The Morgan fingerprint density at radius 2 is 2.23 bits per heavy atom. The minimum absolute atomic E-state index is 0.188. The molecule has 0 aliphatic carbocycles. The van der Waals surface area contributed by atoms with Crippen LogP contribution in [-0.2, 0) is 4.74 Å². The molecule has 0 aromatic heterocycles. The molecule has 2 N–H and O–H groups in total. The van der Waals surface area contributed by atoms with E-state index >= 15 is 0 Å². The summed E-state index contributed by atoms with van der Waals surface area (Å²) >= 11 is 0. The van der Waals surface area contributed by atoms with Gasteiger partial charge in [0.05, 0.1) is 12.1 Å². The molecule has 2 aliphatic rings. The van der Waals surface area contributed by atoms with Crippen molar-refractivity contribution in [2.24, 2.45) is 0 Å². The molecule has 2 fully saturated rings. The van der Waals surface area contributed by atoms with Gasteiger partial charge in [-0.15, -0.1) is 0 Å². The average molecular weight is 187 g/mol. The fraction of sp³-hybridized carbons (Fsp3) is 0.875. The van der Waals surface area contributed by atoms with Crippen LogP contribution in [0, 0.1) is 0 Å². The van der Waals surface area contributed by atoms with Crippen LogP contribution in [0.5, 0.6) is 0 Å². The molecule has 2 rings (SSSR count). The number of amides is 1. The molecule has 0 aromatic rings. The van der Waals surface area contributed by atoms with E-state index < -0.39 is 18.3 Å². The third-order valence-electron chi connectivity index (χ3n) is 2.86. The quantitative estimate of drug-likeness (QED) is 0.570. The standard InChI is InChI=1S/C8H13NO4/c1-2-4-6(10)7(11)5-3-13-8(12)9(4)5/h4-7,10-11H,2-3H2,1H3/t4-,5-,6-,7-/m0/s1. The molecular formula is C8H13NO4. The van der Waals surface area contributed by atoms with Crippen LogP contribution in [-0.4, -0.2) is 52.1 Å². The summed E-state index contributed by atoms with van der Waals surface area (Å²) in [6, 6.07) is -0.651. The summed E-state index contributed by atoms with van der Waals surface area (Å²) in [7, 11) is 0. The molecular weight excluding hydrogens is 174 g/mol. The van der Waals surface area contributed by atoms with Crippen molar-refractivity contribution in [3.63, 3.8) is 0 Å². The van der Waals surface area contributed by atoms with Gasteiger partial charge in [-0.2, -0.15) is 0 Å². The first kappa shape index (κ1) is 8.77. The SMILES string of the molecule is CC[C@H]1[C@H](O)[C@@H](O)[C@@H]2COC(=O)N12. The average Bonchev–Trinajstić information content (AvgIpc) is 2.58. The highest BCUT2D eigenvalue weighted by molar-refractivity contribution is 5.71. The van der Waals surface area contributed by atoms with E-state index in [1.165, 1.54) is 4.90 Å². The van der Waals surface area contributed by atoms with Crippen LogP contribution in [0.2, 0.25) is 0 Å². The Bertz CT molecular complexity index is 230. The Hall–Kier alpha value is -0.810. The molecule has 2 aliphatic heterocycles. The topological polar surface area (TPSA) is 70.0 Å². The van der Waals surface area contributed by atoms with Crippen molar-refractivity contribution in [1.29, 1.82) is 0 Å². The normalized spacial score (nSPS) is 43.6.